The Morgan fingerprint density at radius 2 is 1.59 bits per heavy atom. The molecule has 1 atom stereocenters. The number of thioether (sulfide) groups is 2. The van der Waals surface area contributed by atoms with Gasteiger partial charge in [0.15, 0.2) is 0 Å². The largest absolute Gasteiger partial charge is 0.351 e. The standard InChI is InChI=1S/C26H26N2O2S2/c29-24-19-32-26(28(24)17-20-7-3-1-4-8-20)23-13-11-22(12-14-23)25(30)27-15-16-31-18-21-9-5-2-6-10-21/h1-14,26H,15-19H2,(H,27,30)/t26-/m0/s1. The Kier molecular flexibility index (Phi) is 7.91. The number of nitrogens with one attached hydrogen (secondary N) is 1. The van der Waals surface area contributed by atoms with Crippen LogP contribution >= 0.6 is 23.5 Å². The fourth-order valence-electron chi connectivity index (χ4n) is 3.58. The number of carbonyl (C=O) groups excluding carboxylic acids is 2. The molecule has 0 radical (unpaired) electrons. The highest BCUT2D eigenvalue weighted by molar-refractivity contribution is 8.00. The minimum atomic E-state index is -0.0619. The quantitative estimate of drug-likeness (QED) is 0.448. The maximum absolute atomic E-state index is 12.5. The molecule has 32 heavy (non-hydrogen) atoms. The van der Waals surface area contributed by atoms with Crippen LogP contribution in [0.25, 0.3) is 0 Å². The predicted molar refractivity (Wildman–Crippen MR) is 134 cm³/mol. The smallest absolute Gasteiger partial charge is 0.251 e. The van der Waals surface area contributed by atoms with Gasteiger partial charge in [0.25, 0.3) is 5.91 Å². The molecule has 0 unspecified atom stereocenters. The summed E-state index contributed by atoms with van der Waals surface area (Å²) in [6.07, 6.45) is 0. The molecule has 6 heteroatoms. The Hall–Kier alpha value is -2.70. The van der Waals surface area contributed by atoms with Crippen molar-refractivity contribution in [3.63, 3.8) is 0 Å². The van der Waals surface area contributed by atoms with E-state index in [9.17, 15) is 9.59 Å². The Labute approximate surface area is 197 Å². The van der Waals surface area contributed by atoms with Crippen LogP contribution in [-0.4, -0.2) is 34.8 Å². The van der Waals surface area contributed by atoms with Crippen LogP contribution in [0, 0.1) is 0 Å². The van der Waals surface area contributed by atoms with E-state index >= 15 is 0 Å². The first kappa shape index (κ1) is 22.5. The Balaban J connectivity index is 1.28. The molecule has 0 aromatic heterocycles. The first-order valence-corrected chi connectivity index (χ1v) is 12.9. The zero-order valence-corrected chi connectivity index (χ0v) is 19.4. The second kappa shape index (κ2) is 11.2. The molecule has 0 bridgehead atoms. The Bertz CT molecular complexity index is 1030. The van der Waals surface area contributed by atoms with E-state index in [1.54, 1.807) is 11.8 Å². The predicted octanol–water partition coefficient (Wildman–Crippen LogP) is 5.12. The molecule has 3 aromatic carbocycles. The van der Waals surface area contributed by atoms with Gasteiger partial charge >= 0.3 is 0 Å². The van der Waals surface area contributed by atoms with Crippen molar-refractivity contribution in [1.82, 2.24) is 10.2 Å². The summed E-state index contributed by atoms with van der Waals surface area (Å²) in [6, 6.07) is 28.0. The maximum Gasteiger partial charge on any atom is 0.251 e. The van der Waals surface area contributed by atoms with Crippen molar-refractivity contribution in [3.05, 3.63) is 107 Å². The summed E-state index contributed by atoms with van der Waals surface area (Å²) in [4.78, 5) is 26.8. The molecular weight excluding hydrogens is 436 g/mol. The summed E-state index contributed by atoms with van der Waals surface area (Å²) in [7, 11) is 0. The molecular formula is C26H26N2O2S2. The van der Waals surface area contributed by atoms with Crippen LogP contribution in [0.1, 0.15) is 32.4 Å². The average molecular weight is 463 g/mol. The van der Waals surface area contributed by atoms with Crippen molar-refractivity contribution in [2.24, 2.45) is 0 Å². The number of hydrogen-bond donors (Lipinski definition) is 1. The van der Waals surface area contributed by atoms with E-state index in [0.717, 1.165) is 22.6 Å². The first-order chi connectivity index (χ1) is 15.7. The third-order valence-electron chi connectivity index (χ3n) is 5.27. The van der Waals surface area contributed by atoms with Crippen molar-refractivity contribution in [2.75, 3.05) is 18.1 Å². The summed E-state index contributed by atoms with van der Waals surface area (Å²) >= 11 is 3.44. The summed E-state index contributed by atoms with van der Waals surface area (Å²) < 4.78 is 0. The normalized spacial score (nSPS) is 15.7. The van der Waals surface area contributed by atoms with Gasteiger partial charge in [0.2, 0.25) is 5.91 Å². The van der Waals surface area contributed by atoms with Crippen LogP contribution in [0.5, 0.6) is 0 Å². The molecule has 1 N–H and O–H groups in total. The fourth-order valence-corrected chi connectivity index (χ4v) is 5.59. The fraction of sp³-hybridized carbons (Fsp3) is 0.231. The van der Waals surface area contributed by atoms with Gasteiger partial charge in [-0.2, -0.15) is 11.8 Å². The van der Waals surface area contributed by atoms with Crippen LogP contribution in [0.2, 0.25) is 0 Å². The second-order valence-corrected chi connectivity index (χ2v) is 9.76. The third-order valence-corrected chi connectivity index (χ3v) is 7.55. The van der Waals surface area contributed by atoms with Gasteiger partial charge in [0.05, 0.1) is 5.75 Å². The van der Waals surface area contributed by atoms with Gasteiger partial charge < -0.3 is 10.2 Å². The molecule has 0 spiro atoms. The number of amides is 2. The lowest BCUT2D eigenvalue weighted by molar-refractivity contribution is -0.128. The average Bonchev–Trinajstić information content (AvgIpc) is 3.20. The molecule has 164 valence electrons. The first-order valence-electron chi connectivity index (χ1n) is 10.7. The van der Waals surface area contributed by atoms with E-state index in [1.807, 2.05) is 89.5 Å². The minimum absolute atomic E-state index is 0.0193. The SMILES string of the molecule is O=C(NCCSCc1ccccc1)c1ccc([C@@H]2SCC(=O)N2Cc2ccccc2)cc1. The highest BCUT2D eigenvalue weighted by Crippen LogP contribution is 2.39. The van der Waals surface area contributed by atoms with E-state index in [4.69, 9.17) is 0 Å². The summed E-state index contributed by atoms with van der Waals surface area (Å²) in [5, 5.41) is 2.97. The zero-order valence-electron chi connectivity index (χ0n) is 17.8. The maximum atomic E-state index is 12.5. The highest BCUT2D eigenvalue weighted by Gasteiger charge is 2.32. The summed E-state index contributed by atoms with van der Waals surface area (Å²) in [5.74, 6) is 2.39. The molecule has 4 nitrogen and oxygen atoms in total. The second-order valence-electron chi connectivity index (χ2n) is 7.59. The van der Waals surface area contributed by atoms with Gasteiger partial charge in [-0.15, -0.1) is 11.8 Å². The topological polar surface area (TPSA) is 49.4 Å². The number of rotatable bonds is 9. The van der Waals surface area contributed by atoms with Crippen molar-refractivity contribution < 1.29 is 9.59 Å². The zero-order chi connectivity index (χ0) is 22.2. The van der Waals surface area contributed by atoms with Crippen molar-refractivity contribution >= 4 is 35.3 Å². The molecule has 1 fully saturated rings. The molecule has 3 aromatic rings. The summed E-state index contributed by atoms with van der Waals surface area (Å²) in [6.45, 7) is 1.23. The van der Waals surface area contributed by atoms with Crippen molar-refractivity contribution in [3.8, 4) is 0 Å². The number of carbonyl (C=O) groups is 2. The van der Waals surface area contributed by atoms with Gasteiger partial charge in [-0.3, -0.25) is 9.59 Å². The third kappa shape index (κ3) is 5.96. The minimum Gasteiger partial charge on any atom is -0.351 e. The number of benzene rings is 3. The number of nitrogens with zero attached hydrogens (tertiary/aromatic N) is 1. The van der Waals surface area contributed by atoms with E-state index in [2.05, 4.69) is 17.4 Å². The van der Waals surface area contributed by atoms with Crippen LogP contribution in [0.15, 0.2) is 84.9 Å². The lowest BCUT2D eigenvalue weighted by Gasteiger charge is -2.24. The van der Waals surface area contributed by atoms with Crippen molar-refractivity contribution in [1.29, 1.82) is 0 Å². The lowest BCUT2D eigenvalue weighted by atomic mass is 10.1. The van der Waals surface area contributed by atoms with Crippen LogP contribution in [-0.2, 0) is 17.1 Å². The molecule has 1 saturated heterocycles. The van der Waals surface area contributed by atoms with Crippen LogP contribution < -0.4 is 5.32 Å². The molecule has 1 aliphatic rings. The monoisotopic (exact) mass is 462 g/mol. The molecule has 4 rings (SSSR count). The Morgan fingerprint density at radius 3 is 2.28 bits per heavy atom. The highest BCUT2D eigenvalue weighted by atomic mass is 32.2. The van der Waals surface area contributed by atoms with Crippen LogP contribution in [0.3, 0.4) is 0 Å². The van der Waals surface area contributed by atoms with Crippen molar-refractivity contribution in [2.45, 2.75) is 17.7 Å². The van der Waals surface area contributed by atoms with E-state index in [0.29, 0.717) is 24.4 Å². The van der Waals surface area contributed by atoms with Gasteiger partial charge in [-0.1, -0.05) is 72.8 Å². The molecule has 2 amide bonds. The molecule has 1 aliphatic heterocycles. The van der Waals surface area contributed by atoms with Crippen LogP contribution in [0.4, 0.5) is 0 Å². The molecule has 0 saturated carbocycles. The van der Waals surface area contributed by atoms with Gasteiger partial charge in [0, 0.05) is 30.2 Å². The lowest BCUT2D eigenvalue weighted by Crippen LogP contribution is -2.28. The molecule has 1 heterocycles. The number of hydrogen-bond acceptors (Lipinski definition) is 4. The van der Waals surface area contributed by atoms with Gasteiger partial charge in [0.1, 0.15) is 5.37 Å². The Morgan fingerprint density at radius 1 is 0.938 bits per heavy atom. The van der Waals surface area contributed by atoms with E-state index in [1.165, 1.54) is 5.56 Å². The van der Waals surface area contributed by atoms with Gasteiger partial charge in [-0.25, -0.2) is 0 Å². The molecule has 0 aliphatic carbocycles. The van der Waals surface area contributed by atoms with E-state index < -0.39 is 0 Å². The summed E-state index contributed by atoms with van der Waals surface area (Å²) in [5.41, 5.74) is 4.11. The van der Waals surface area contributed by atoms with E-state index in [-0.39, 0.29) is 17.2 Å². The van der Waals surface area contributed by atoms with Gasteiger partial charge in [-0.05, 0) is 28.8 Å².